The number of carbonyl (C=O) groups excluding carboxylic acids is 2. The first kappa shape index (κ1) is 17.7. The lowest BCUT2D eigenvalue weighted by atomic mass is 10.1. The van der Waals surface area contributed by atoms with Gasteiger partial charge in [0.05, 0.1) is 0 Å². The first-order valence-corrected chi connectivity index (χ1v) is 9.21. The standard InChI is InChI=1S/C19H28N4O2/c1-14-11-16(5-6-17(14)18(20)24)21-19(25)23-10-7-15(13-23)12-22-8-3-2-4-9-22/h5-6,11,15H,2-4,7-10,12-13H2,1H3,(H2,20,24)(H,21,25)/t15-/m0/s1. The number of urea groups is 1. The molecule has 6 nitrogen and oxygen atoms in total. The third-order valence-corrected chi connectivity index (χ3v) is 5.28. The van der Waals surface area contributed by atoms with Crippen molar-refractivity contribution in [2.75, 3.05) is 38.0 Å². The van der Waals surface area contributed by atoms with E-state index in [-0.39, 0.29) is 6.03 Å². The molecule has 2 heterocycles. The topological polar surface area (TPSA) is 78.7 Å². The van der Waals surface area contributed by atoms with Crippen molar-refractivity contribution in [1.82, 2.24) is 9.80 Å². The summed E-state index contributed by atoms with van der Waals surface area (Å²) in [7, 11) is 0. The minimum Gasteiger partial charge on any atom is -0.366 e. The Bertz CT molecular complexity index is 640. The van der Waals surface area contributed by atoms with Gasteiger partial charge in [-0.25, -0.2) is 4.79 Å². The Balaban J connectivity index is 1.52. The number of aryl methyl sites for hydroxylation is 1. The van der Waals surface area contributed by atoms with Crippen molar-refractivity contribution in [3.8, 4) is 0 Å². The Hall–Kier alpha value is -2.08. The van der Waals surface area contributed by atoms with E-state index in [0.29, 0.717) is 17.2 Å². The van der Waals surface area contributed by atoms with Gasteiger partial charge in [0.2, 0.25) is 5.91 Å². The smallest absolute Gasteiger partial charge is 0.321 e. The van der Waals surface area contributed by atoms with Crippen molar-refractivity contribution in [3.05, 3.63) is 29.3 Å². The number of amides is 3. The fraction of sp³-hybridized carbons (Fsp3) is 0.579. The Labute approximate surface area is 149 Å². The second-order valence-corrected chi connectivity index (χ2v) is 7.29. The molecule has 1 aromatic rings. The fourth-order valence-corrected chi connectivity index (χ4v) is 3.89. The molecule has 0 radical (unpaired) electrons. The number of carbonyl (C=O) groups is 2. The van der Waals surface area contributed by atoms with Crippen LogP contribution in [0.25, 0.3) is 0 Å². The highest BCUT2D eigenvalue weighted by Crippen LogP contribution is 2.21. The van der Waals surface area contributed by atoms with Crippen molar-refractivity contribution in [2.45, 2.75) is 32.6 Å². The first-order chi connectivity index (χ1) is 12.0. The number of nitrogens with one attached hydrogen (secondary N) is 1. The highest BCUT2D eigenvalue weighted by molar-refractivity contribution is 5.96. The molecule has 3 N–H and O–H groups in total. The molecule has 2 saturated heterocycles. The van der Waals surface area contributed by atoms with Crippen LogP contribution in [0, 0.1) is 12.8 Å². The van der Waals surface area contributed by atoms with Gasteiger partial charge in [-0.2, -0.15) is 0 Å². The predicted octanol–water partition coefficient (Wildman–Crippen LogP) is 2.43. The van der Waals surface area contributed by atoms with Crippen LogP contribution >= 0.6 is 0 Å². The van der Waals surface area contributed by atoms with Gasteiger partial charge >= 0.3 is 6.03 Å². The molecule has 0 bridgehead atoms. The summed E-state index contributed by atoms with van der Waals surface area (Å²) in [5.74, 6) is 0.123. The average Bonchev–Trinajstić information content (AvgIpc) is 3.04. The molecule has 3 rings (SSSR count). The van der Waals surface area contributed by atoms with Crippen LogP contribution in [0.2, 0.25) is 0 Å². The van der Waals surface area contributed by atoms with Gasteiger partial charge < -0.3 is 20.9 Å². The third kappa shape index (κ3) is 4.51. The summed E-state index contributed by atoms with van der Waals surface area (Å²) in [4.78, 5) is 28.2. The molecule has 136 valence electrons. The van der Waals surface area contributed by atoms with E-state index in [4.69, 9.17) is 5.73 Å². The molecule has 2 aliphatic heterocycles. The molecule has 0 spiro atoms. The van der Waals surface area contributed by atoms with Crippen LogP contribution in [-0.4, -0.2) is 54.5 Å². The van der Waals surface area contributed by atoms with Crippen LogP contribution in [0.1, 0.15) is 41.6 Å². The van der Waals surface area contributed by atoms with E-state index >= 15 is 0 Å². The largest absolute Gasteiger partial charge is 0.366 e. The summed E-state index contributed by atoms with van der Waals surface area (Å²) in [5.41, 5.74) is 7.28. The number of nitrogens with two attached hydrogens (primary N) is 1. The number of likely N-dealkylation sites (tertiary alicyclic amines) is 2. The zero-order chi connectivity index (χ0) is 17.8. The molecule has 1 aromatic carbocycles. The number of hydrogen-bond donors (Lipinski definition) is 2. The van der Waals surface area contributed by atoms with Gasteiger partial charge in [-0.15, -0.1) is 0 Å². The van der Waals surface area contributed by atoms with E-state index in [1.807, 2.05) is 11.8 Å². The lowest BCUT2D eigenvalue weighted by Gasteiger charge is -2.29. The molecule has 0 unspecified atom stereocenters. The lowest BCUT2D eigenvalue weighted by molar-refractivity contribution is 0.0999. The van der Waals surface area contributed by atoms with Gasteiger partial charge in [-0.3, -0.25) is 4.79 Å². The highest BCUT2D eigenvalue weighted by atomic mass is 16.2. The Kier molecular flexibility index (Phi) is 5.58. The van der Waals surface area contributed by atoms with E-state index < -0.39 is 5.91 Å². The van der Waals surface area contributed by atoms with Crippen molar-refractivity contribution in [3.63, 3.8) is 0 Å². The Morgan fingerprint density at radius 3 is 2.64 bits per heavy atom. The minimum atomic E-state index is -0.449. The summed E-state index contributed by atoms with van der Waals surface area (Å²) in [6.07, 6.45) is 5.03. The van der Waals surface area contributed by atoms with Crippen molar-refractivity contribution < 1.29 is 9.59 Å². The zero-order valence-corrected chi connectivity index (χ0v) is 15.0. The molecule has 2 aliphatic rings. The average molecular weight is 344 g/mol. The van der Waals surface area contributed by atoms with Gasteiger partial charge in [0.15, 0.2) is 0 Å². The van der Waals surface area contributed by atoms with Gasteiger partial charge in [0.25, 0.3) is 0 Å². The quantitative estimate of drug-likeness (QED) is 0.880. The van der Waals surface area contributed by atoms with Crippen LogP contribution < -0.4 is 11.1 Å². The van der Waals surface area contributed by atoms with Crippen LogP contribution in [0.5, 0.6) is 0 Å². The number of primary amides is 1. The zero-order valence-electron chi connectivity index (χ0n) is 15.0. The molecule has 2 fully saturated rings. The predicted molar refractivity (Wildman–Crippen MR) is 98.7 cm³/mol. The molecule has 0 aliphatic carbocycles. The van der Waals surface area contributed by atoms with E-state index in [1.165, 1.54) is 32.4 Å². The van der Waals surface area contributed by atoms with Crippen LogP contribution in [0.15, 0.2) is 18.2 Å². The monoisotopic (exact) mass is 344 g/mol. The Morgan fingerprint density at radius 2 is 1.96 bits per heavy atom. The van der Waals surface area contributed by atoms with E-state index in [2.05, 4.69) is 10.2 Å². The number of hydrogen-bond acceptors (Lipinski definition) is 3. The number of rotatable bonds is 4. The number of nitrogens with zero attached hydrogens (tertiary/aromatic N) is 2. The number of piperidine rings is 1. The van der Waals surface area contributed by atoms with Gasteiger partial charge in [0, 0.05) is 30.9 Å². The van der Waals surface area contributed by atoms with Gasteiger partial charge in [-0.05, 0) is 69.0 Å². The van der Waals surface area contributed by atoms with Crippen LogP contribution in [0.4, 0.5) is 10.5 Å². The fourth-order valence-electron chi connectivity index (χ4n) is 3.89. The van der Waals surface area contributed by atoms with Gasteiger partial charge in [-0.1, -0.05) is 6.42 Å². The minimum absolute atomic E-state index is 0.0626. The first-order valence-electron chi connectivity index (χ1n) is 9.21. The molecular formula is C19H28N4O2. The maximum atomic E-state index is 12.5. The molecule has 0 saturated carbocycles. The second-order valence-electron chi connectivity index (χ2n) is 7.29. The molecule has 25 heavy (non-hydrogen) atoms. The summed E-state index contributed by atoms with van der Waals surface area (Å²) in [6.45, 7) is 6.96. The van der Waals surface area contributed by atoms with Gasteiger partial charge in [0.1, 0.15) is 0 Å². The summed E-state index contributed by atoms with van der Waals surface area (Å²) >= 11 is 0. The maximum absolute atomic E-state index is 12.5. The summed E-state index contributed by atoms with van der Waals surface area (Å²) in [6, 6.07) is 5.12. The van der Waals surface area contributed by atoms with E-state index in [0.717, 1.165) is 31.6 Å². The molecule has 0 aromatic heterocycles. The second kappa shape index (κ2) is 7.87. The molecule has 1 atom stereocenters. The van der Waals surface area contributed by atoms with Crippen molar-refractivity contribution in [2.24, 2.45) is 11.7 Å². The van der Waals surface area contributed by atoms with E-state index in [9.17, 15) is 9.59 Å². The maximum Gasteiger partial charge on any atom is 0.321 e. The lowest BCUT2D eigenvalue weighted by Crippen LogP contribution is -2.37. The summed E-state index contributed by atoms with van der Waals surface area (Å²) in [5, 5.41) is 2.94. The van der Waals surface area contributed by atoms with Crippen molar-refractivity contribution >= 4 is 17.6 Å². The molecule has 6 heteroatoms. The Morgan fingerprint density at radius 1 is 1.20 bits per heavy atom. The third-order valence-electron chi connectivity index (χ3n) is 5.28. The van der Waals surface area contributed by atoms with Crippen molar-refractivity contribution in [1.29, 1.82) is 0 Å². The normalized spacial score (nSPS) is 21.3. The van der Waals surface area contributed by atoms with Crippen LogP contribution in [0.3, 0.4) is 0 Å². The highest BCUT2D eigenvalue weighted by Gasteiger charge is 2.28. The summed E-state index contributed by atoms with van der Waals surface area (Å²) < 4.78 is 0. The van der Waals surface area contributed by atoms with Crippen LogP contribution in [-0.2, 0) is 0 Å². The number of anilines is 1. The molecular weight excluding hydrogens is 316 g/mol. The SMILES string of the molecule is Cc1cc(NC(=O)N2CC[C@@H](CN3CCCCC3)C2)ccc1C(N)=O. The molecule has 3 amide bonds. The number of benzene rings is 1. The van der Waals surface area contributed by atoms with E-state index in [1.54, 1.807) is 18.2 Å².